The average molecular weight is 402 g/mol. The van der Waals surface area contributed by atoms with Gasteiger partial charge >= 0.3 is 0 Å². The molecule has 0 radical (unpaired) electrons. The lowest BCUT2D eigenvalue weighted by Crippen LogP contribution is -2.33. The molecule has 0 spiro atoms. The molecule has 1 atom stereocenters. The Labute approximate surface area is 167 Å². The summed E-state index contributed by atoms with van der Waals surface area (Å²) in [5.41, 5.74) is 5.19. The van der Waals surface area contributed by atoms with Gasteiger partial charge in [-0.1, -0.05) is 30.3 Å². The van der Waals surface area contributed by atoms with E-state index in [0.717, 1.165) is 31.4 Å². The number of thioether (sulfide) groups is 1. The molecule has 0 N–H and O–H groups in total. The zero-order valence-electron chi connectivity index (χ0n) is 15.9. The molecule has 2 aromatic rings. The predicted octanol–water partition coefficient (Wildman–Crippen LogP) is 4.74. The van der Waals surface area contributed by atoms with Crippen molar-refractivity contribution in [1.29, 1.82) is 0 Å². The van der Waals surface area contributed by atoms with Crippen molar-refractivity contribution < 1.29 is 8.42 Å². The van der Waals surface area contributed by atoms with Crippen LogP contribution in [-0.4, -0.2) is 31.6 Å². The third-order valence-corrected chi connectivity index (χ3v) is 9.00. The summed E-state index contributed by atoms with van der Waals surface area (Å²) >= 11 is 1.88. The van der Waals surface area contributed by atoms with Crippen molar-refractivity contribution >= 4 is 21.8 Å². The number of hydrogen-bond acceptors (Lipinski definition) is 3. The Morgan fingerprint density at radius 3 is 2.59 bits per heavy atom. The van der Waals surface area contributed by atoms with Crippen LogP contribution in [0.15, 0.2) is 47.4 Å². The molecule has 1 aliphatic carbocycles. The second-order valence-electron chi connectivity index (χ2n) is 7.55. The van der Waals surface area contributed by atoms with Crippen molar-refractivity contribution in [1.82, 2.24) is 4.31 Å². The second kappa shape index (κ2) is 7.98. The third kappa shape index (κ3) is 3.96. The molecule has 1 unspecified atom stereocenters. The van der Waals surface area contributed by atoms with E-state index in [1.54, 1.807) is 4.31 Å². The molecule has 2 aliphatic rings. The van der Waals surface area contributed by atoms with E-state index in [-0.39, 0.29) is 0 Å². The Morgan fingerprint density at radius 1 is 1.00 bits per heavy atom. The van der Waals surface area contributed by atoms with Gasteiger partial charge in [-0.2, -0.15) is 16.1 Å². The van der Waals surface area contributed by atoms with Crippen LogP contribution in [0.4, 0.5) is 0 Å². The van der Waals surface area contributed by atoms with Gasteiger partial charge in [0.15, 0.2) is 0 Å². The molecule has 0 amide bonds. The smallest absolute Gasteiger partial charge is 0.207 e. The van der Waals surface area contributed by atoms with Gasteiger partial charge in [0.05, 0.1) is 4.90 Å². The van der Waals surface area contributed by atoms with Gasteiger partial charge in [0.1, 0.15) is 0 Å². The van der Waals surface area contributed by atoms with Gasteiger partial charge in [-0.05, 0) is 73.4 Å². The van der Waals surface area contributed by atoms with Gasteiger partial charge in [-0.15, -0.1) is 0 Å². The molecule has 144 valence electrons. The second-order valence-corrected chi connectivity index (χ2v) is 10.8. The van der Waals surface area contributed by atoms with Crippen LogP contribution < -0.4 is 0 Å². The van der Waals surface area contributed by atoms with E-state index < -0.39 is 10.0 Å². The van der Waals surface area contributed by atoms with Crippen molar-refractivity contribution in [2.75, 3.05) is 18.8 Å². The van der Waals surface area contributed by atoms with Gasteiger partial charge in [0.25, 0.3) is 0 Å². The first-order valence-corrected chi connectivity index (χ1v) is 12.3. The fourth-order valence-corrected chi connectivity index (χ4v) is 7.15. The highest BCUT2D eigenvalue weighted by Gasteiger charge is 2.29. The quantitative estimate of drug-likeness (QED) is 0.745. The van der Waals surface area contributed by atoms with E-state index in [1.807, 2.05) is 30.0 Å². The molecule has 1 saturated heterocycles. The largest absolute Gasteiger partial charge is 0.243 e. The summed E-state index contributed by atoms with van der Waals surface area (Å²) < 4.78 is 28.2. The molecule has 27 heavy (non-hydrogen) atoms. The lowest BCUT2D eigenvalue weighted by Gasteiger charge is -2.22. The highest BCUT2D eigenvalue weighted by atomic mass is 32.2. The number of aryl methyl sites for hydroxylation is 3. The number of rotatable bonds is 3. The number of nitrogens with zero attached hydrogens (tertiary/aromatic N) is 1. The minimum absolute atomic E-state index is 0.370. The first-order chi connectivity index (χ1) is 13.1. The van der Waals surface area contributed by atoms with Crippen molar-refractivity contribution in [3.8, 4) is 0 Å². The Kier molecular flexibility index (Phi) is 5.62. The Balaban J connectivity index is 1.54. The van der Waals surface area contributed by atoms with Crippen LogP contribution in [0, 0.1) is 6.92 Å². The first-order valence-electron chi connectivity index (χ1n) is 9.85. The number of sulfonamides is 1. The first kappa shape index (κ1) is 19.0. The lowest BCUT2D eigenvalue weighted by molar-refractivity contribution is 0.428. The van der Waals surface area contributed by atoms with Crippen molar-refractivity contribution in [3.05, 3.63) is 64.7 Å². The minimum Gasteiger partial charge on any atom is -0.207 e. The third-order valence-electron chi connectivity index (χ3n) is 5.79. The van der Waals surface area contributed by atoms with E-state index in [0.29, 0.717) is 23.2 Å². The standard InChI is InChI=1S/C22H27NO2S2/c1-17-6-2-5-9-21(17)22-12-13-23(14-15-26-22)27(24,25)20-11-10-18-7-3-4-8-19(18)16-20/h2,5-6,9-11,16,22H,3-4,7-8,12-15H2,1H3. The summed E-state index contributed by atoms with van der Waals surface area (Å²) in [4.78, 5) is 0.475. The van der Waals surface area contributed by atoms with Crippen LogP contribution in [0.25, 0.3) is 0 Å². The van der Waals surface area contributed by atoms with Gasteiger partial charge < -0.3 is 0 Å². The monoisotopic (exact) mass is 401 g/mol. The molecule has 2 aromatic carbocycles. The molecule has 1 fully saturated rings. The summed E-state index contributed by atoms with van der Waals surface area (Å²) in [5, 5.41) is 0.370. The normalized spacial score (nSPS) is 21.4. The molecule has 1 aliphatic heterocycles. The fraction of sp³-hybridized carbons (Fsp3) is 0.455. The van der Waals surface area contributed by atoms with E-state index in [4.69, 9.17) is 0 Å². The van der Waals surface area contributed by atoms with Crippen LogP contribution in [0.1, 0.15) is 46.8 Å². The summed E-state index contributed by atoms with van der Waals surface area (Å²) in [6, 6.07) is 14.2. The Bertz CT molecular complexity index is 924. The van der Waals surface area contributed by atoms with Gasteiger partial charge in [0.2, 0.25) is 10.0 Å². The average Bonchev–Trinajstić information content (AvgIpc) is 2.94. The van der Waals surface area contributed by atoms with Gasteiger partial charge in [-0.3, -0.25) is 0 Å². The molecule has 5 heteroatoms. The number of benzene rings is 2. The maximum atomic E-state index is 13.3. The summed E-state index contributed by atoms with van der Waals surface area (Å²) in [5.74, 6) is 0.836. The van der Waals surface area contributed by atoms with Crippen LogP contribution in [0.2, 0.25) is 0 Å². The Morgan fingerprint density at radius 2 is 1.78 bits per heavy atom. The topological polar surface area (TPSA) is 37.4 Å². The fourth-order valence-electron chi connectivity index (χ4n) is 4.21. The van der Waals surface area contributed by atoms with Gasteiger partial charge in [-0.25, -0.2) is 8.42 Å². The molecular formula is C22H27NO2S2. The maximum Gasteiger partial charge on any atom is 0.243 e. The van der Waals surface area contributed by atoms with E-state index in [9.17, 15) is 8.42 Å². The predicted molar refractivity (Wildman–Crippen MR) is 113 cm³/mol. The van der Waals surface area contributed by atoms with E-state index in [1.165, 1.54) is 28.7 Å². The Hall–Kier alpha value is -1.30. The summed E-state index contributed by atoms with van der Waals surface area (Å²) in [7, 11) is -3.41. The SMILES string of the molecule is Cc1ccccc1C1CCN(S(=O)(=O)c2ccc3c(c2)CCCC3)CCS1. The zero-order chi connectivity index (χ0) is 18.9. The minimum atomic E-state index is -3.41. The molecule has 0 aromatic heterocycles. The molecule has 1 heterocycles. The van der Waals surface area contributed by atoms with Crippen molar-refractivity contribution in [3.63, 3.8) is 0 Å². The van der Waals surface area contributed by atoms with E-state index in [2.05, 4.69) is 31.2 Å². The lowest BCUT2D eigenvalue weighted by atomic mass is 9.92. The van der Waals surface area contributed by atoms with Crippen molar-refractivity contribution in [2.24, 2.45) is 0 Å². The molecule has 0 saturated carbocycles. The van der Waals surface area contributed by atoms with Crippen LogP contribution in [0.5, 0.6) is 0 Å². The van der Waals surface area contributed by atoms with Crippen LogP contribution in [-0.2, 0) is 22.9 Å². The summed E-state index contributed by atoms with van der Waals surface area (Å²) in [6.45, 7) is 3.32. The summed E-state index contributed by atoms with van der Waals surface area (Å²) in [6.07, 6.45) is 5.31. The van der Waals surface area contributed by atoms with Gasteiger partial charge in [0, 0.05) is 24.1 Å². The highest BCUT2D eigenvalue weighted by Crippen LogP contribution is 2.37. The van der Waals surface area contributed by atoms with Crippen molar-refractivity contribution in [2.45, 2.75) is 49.2 Å². The van der Waals surface area contributed by atoms with E-state index >= 15 is 0 Å². The van der Waals surface area contributed by atoms with Crippen LogP contribution >= 0.6 is 11.8 Å². The zero-order valence-corrected chi connectivity index (χ0v) is 17.5. The van der Waals surface area contributed by atoms with Crippen LogP contribution in [0.3, 0.4) is 0 Å². The number of hydrogen-bond donors (Lipinski definition) is 0. The molecule has 4 rings (SSSR count). The maximum absolute atomic E-state index is 13.3. The highest BCUT2D eigenvalue weighted by molar-refractivity contribution is 7.99. The molecule has 0 bridgehead atoms. The number of fused-ring (bicyclic) bond motifs is 1. The molecular weight excluding hydrogens is 374 g/mol. The molecule has 3 nitrogen and oxygen atoms in total.